The van der Waals surface area contributed by atoms with Crippen molar-refractivity contribution in [3.63, 3.8) is 0 Å². The summed E-state index contributed by atoms with van der Waals surface area (Å²) in [6.07, 6.45) is 1.17. The van der Waals surface area contributed by atoms with Crippen molar-refractivity contribution in [2.24, 2.45) is 0 Å². The summed E-state index contributed by atoms with van der Waals surface area (Å²) in [4.78, 5) is 15.9. The summed E-state index contributed by atoms with van der Waals surface area (Å²) in [5.41, 5.74) is 1.91. The molecule has 0 aliphatic carbocycles. The summed E-state index contributed by atoms with van der Waals surface area (Å²) in [6, 6.07) is 9.87. The SMILES string of the molecule is CCc1nc(COC(=O)CCOCc2ccccc2)cs1. The van der Waals surface area contributed by atoms with Crippen LogP contribution in [0.15, 0.2) is 35.7 Å². The van der Waals surface area contributed by atoms with Gasteiger partial charge in [0.05, 0.1) is 30.3 Å². The van der Waals surface area contributed by atoms with E-state index in [4.69, 9.17) is 9.47 Å². The molecule has 21 heavy (non-hydrogen) atoms. The molecule has 5 heteroatoms. The Labute approximate surface area is 128 Å². The van der Waals surface area contributed by atoms with E-state index in [0.29, 0.717) is 13.2 Å². The second-order valence-electron chi connectivity index (χ2n) is 4.54. The van der Waals surface area contributed by atoms with Gasteiger partial charge >= 0.3 is 5.97 Å². The molecule has 112 valence electrons. The lowest BCUT2D eigenvalue weighted by atomic mass is 10.2. The van der Waals surface area contributed by atoms with Gasteiger partial charge in [0, 0.05) is 5.38 Å². The molecule has 1 aromatic carbocycles. The standard InChI is InChI=1S/C16H19NO3S/c1-2-15-17-14(12-21-15)11-20-16(18)8-9-19-10-13-6-4-3-5-7-13/h3-7,12H,2,8-11H2,1H3. The van der Waals surface area contributed by atoms with Crippen LogP contribution in [0.2, 0.25) is 0 Å². The molecular weight excluding hydrogens is 286 g/mol. The predicted octanol–water partition coefficient (Wildman–Crippen LogP) is 3.36. The summed E-state index contributed by atoms with van der Waals surface area (Å²) in [5, 5.41) is 2.99. The minimum Gasteiger partial charge on any atom is -0.459 e. The Balaban J connectivity index is 1.59. The van der Waals surface area contributed by atoms with Crippen molar-refractivity contribution >= 4 is 17.3 Å². The van der Waals surface area contributed by atoms with E-state index < -0.39 is 0 Å². The van der Waals surface area contributed by atoms with Gasteiger partial charge in [-0.15, -0.1) is 11.3 Å². The lowest BCUT2D eigenvalue weighted by molar-refractivity contribution is -0.146. The molecule has 0 unspecified atom stereocenters. The Morgan fingerprint density at radius 1 is 1.24 bits per heavy atom. The van der Waals surface area contributed by atoms with Gasteiger partial charge in [-0.3, -0.25) is 4.79 Å². The Morgan fingerprint density at radius 2 is 2.05 bits per heavy atom. The van der Waals surface area contributed by atoms with Crippen LogP contribution in [0.25, 0.3) is 0 Å². The van der Waals surface area contributed by atoms with Crippen LogP contribution in [0.5, 0.6) is 0 Å². The van der Waals surface area contributed by atoms with Gasteiger partial charge in [0.1, 0.15) is 6.61 Å². The third-order valence-electron chi connectivity index (χ3n) is 2.84. The van der Waals surface area contributed by atoms with Gasteiger partial charge in [0.15, 0.2) is 0 Å². The van der Waals surface area contributed by atoms with E-state index >= 15 is 0 Å². The molecule has 0 bridgehead atoms. The smallest absolute Gasteiger partial charge is 0.308 e. The van der Waals surface area contributed by atoms with Gasteiger partial charge in [-0.05, 0) is 12.0 Å². The van der Waals surface area contributed by atoms with Crippen LogP contribution in [0.1, 0.15) is 29.6 Å². The third-order valence-corrected chi connectivity index (χ3v) is 3.89. The number of carbonyl (C=O) groups is 1. The first-order valence-electron chi connectivity index (χ1n) is 6.98. The van der Waals surface area contributed by atoms with Crippen LogP contribution in [0.3, 0.4) is 0 Å². The van der Waals surface area contributed by atoms with Crippen molar-refractivity contribution in [1.29, 1.82) is 0 Å². The largest absolute Gasteiger partial charge is 0.459 e. The molecule has 0 atom stereocenters. The summed E-state index contributed by atoms with van der Waals surface area (Å²) >= 11 is 1.59. The Kier molecular flexibility index (Phi) is 6.37. The number of carbonyl (C=O) groups excluding carboxylic acids is 1. The van der Waals surface area contributed by atoms with Gasteiger partial charge in [-0.25, -0.2) is 4.98 Å². The zero-order chi connectivity index (χ0) is 14.9. The third kappa shape index (κ3) is 5.65. The van der Waals surface area contributed by atoms with Gasteiger partial charge in [0.25, 0.3) is 0 Å². The van der Waals surface area contributed by atoms with Gasteiger partial charge in [-0.2, -0.15) is 0 Å². The molecule has 2 aromatic rings. The van der Waals surface area contributed by atoms with Crippen molar-refractivity contribution in [3.8, 4) is 0 Å². The highest BCUT2D eigenvalue weighted by molar-refractivity contribution is 7.09. The lowest BCUT2D eigenvalue weighted by Gasteiger charge is -2.05. The molecule has 0 amide bonds. The van der Waals surface area contributed by atoms with Gasteiger partial charge in [0.2, 0.25) is 0 Å². The van der Waals surface area contributed by atoms with E-state index in [9.17, 15) is 4.79 Å². The Morgan fingerprint density at radius 3 is 2.76 bits per heavy atom. The number of rotatable bonds is 8. The first-order valence-corrected chi connectivity index (χ1v) is 7.86. The fourth-order valence-corrected chi connectivity index (χ4v) is 2.45. The second kappa shape index (κ2) is 8.54. The molecule has 1 aromatic heterocycles. The van der Waals surface area contributed by atoms with Crippen LogP contribution in [-0.4, -0.2) is 17.6 Å². The van der Waals surface area contributed by atoms with E-state index in [-0.39, 0.29) is 19.0 Å². The average Bonchev–Trinajstić information content (AvgIpc) is 2.99. The summed E-state index contributed by atoms with van der Waals surface area (Å²) < 4.78 is 10.6. The normalized spacial score (nSPS) is 10.5. The maximum absolute atomic E-state index is 11.6. The van der Waals surface area contributed by atoms with Crippen molar-refractivity contribution in [3.05, 3.63) is 52.0 Å². The number of ether oxygens (including phenoxy) is 2. The zero-order valence-corrected chi connectivity index (χ0v) is 12.9. The highest BCUT2D eigenvalue weighted by Gasteiger charge is 2.06. The van der Waals surface area contributed by atoms with Crippen LogP contribution in [-0.2, 0) is 33.9 Å². The number of esters is 1. The Hall–Kier alpha value is -1.72. The number of hydrogen-bond donors (Lipinski definition) is 0. The number of aryl methyl sites for hydroxylation is 1. The zero-order valence-electron chi connectivity index (χ0n) is 12.1. The van der Waals surface area contributed by atoms with Crippen molar-refractivity contribution in [2.75, 3.05) is 6.61 Å². The predicted molar refractivity (Wildman–Crippen MR) is 82.0 cm³/mol. The van der Waals surface area contributed by atoms with Crippen LogP contribution < -0.4 is 0 Å². The molecule has 0 radical (unpaired) electrons. The monoisotopic (exact) mass is 305 g/mol. The van der Waals surface area contributed by atoms with E-state index in [0.717, 1.165) is 22.7 Å². The van der Waals surface area contributed by atoms with Crippen molar-refractivity contribution in [2.45, 2.75) is 33.0 Å². The molecule has 0 aliphatic heterocycles. The van der Waals surface area contributed by atoms with Gasteiger partial charge < -0.3 is 9.47 Å². The average molecular weight is 305 g/mol. The number of nitrogens with zero attached hydrogens (tertiary/aromatic N) is 1. The first kappa shape index (κ1) is 15.7. The fourth-order valence-electron chi connectivity index (χ4n) is 1.72. The van der Waals surface area contributed by atoms with E-state index in [1.54, 1.807) is 11.3 Å². The minimum absolute atomic E-state index is 0.244. The number of benzene rings is 1. The molecule has 1 heterocycles. The summed E-state index contributed by atoms with van der Waals surface area (Å²) in [7, 11) is 0. The molecule has 0 saturated heterocycles. The van der Waals surface area contributed by atoms with Crippen LogP contribution in [0, 0.1) is 0 Å². The molecular formula is C16H19NO3S. The molecule has 2 rings (SSSR count). The van der Waals surface area contributed by atoms with Crippen molar-refractivity contribution < 1.29 is 14.3 Å². The summed E-state index contributed by atoms with van der Waals surface area (Å²) in [6.45, 7) is 3.18. The molecule has 0 spiro atoms. The highest BCUT2D eigenvalue weighted by atomic mass is 32.1. The van der Waals surface area contributed by atoms with Crippen LogP contribution >= 0.6 is 11.3 Å². The maximum atomic E-state index is 11.6. The quantitative estimate of drug-likeness (QED) is 0.554. The molecule has 4 nitrogen and oxygen atoms in total. The Bertz CT molecular complexity index is 554. The minimum atomic E-state index is -0.255. The maximum Gasteiger partial charge on any atom is 0.308 e. The van der Waals surface area contributed by atoms with Gasteiger partial charge in [-0.1, -0.05) is 37.3 Å². The topological polar surface area (TPSA) is 48.4 Å². The second-order valence-corrected chi connectivity index (χ2v) is 5.48. The molecule has 0 N–H and O–H groups in total. The lowest BCUT2D eigenvalue weighted by Crippen LogP contribution is -2.08. The van der Waals surface area contributed by atoms with Crippen molar-refractivity contribution in [1.82, 2.24) is 4.98 Å². The fraction of sp³-hybridized carbons (Fsp3) is 0.375. The number of aromatic nitrogens is 1. The molecule has 0 aliphatic rings. The van der Waals surface area contributed by atoms with Crippen LogP contribution in [0.4, 0.5) is 0 Å². The summed E-state index contributed by atoms with van der Waals surface area (Å²) in [5.74, 6) is -0.255. The van der Waals surface area contributed by atoms with E-state index in [1.165, 1.54) is 0 Å². The first-order chi connectivity index (χ1) is 10.3. The highest BCUT2D eigenvalue weighted by Crippen LogP contribution is 2.11. The van der Waals surface area contributed by atoms with E-state index in [2.05, 4.69) is 11.9 Å². The molecule has 0 saturated carbocycles. The molecule has 0 fully saturated rings. The van der Waals surface area contributed by atoms with E-state index in [1.807, 2.05) is 35.7 Å². The number of thiazole rings is 1. The number of hydrogen-bond acceptors (Lipinski definition) is 5.